The molecular formula is C12H16O7. The van der Waals surface area contributed by atoms with Gasteiger partial charge < -0.3 is 18.9 Å². The van der Waals surface area contributed by atoms with Crippen molar-refractivity contribution >= 4 is 17.9 Å². The van der Waals surface area contributed by atoms with Crippen molar-refractivity contribution in [3.05, 3.63) is 12.3 Å². The molecule has 1 aliphatic heterocycles. The van der Waals surface area contributed by atoms with Crippen LogP contribution in [0.5, 0.6) is 0 Å². The van der Waals surface area contributed by atoms with Crippen LogP contribution in [-0.2, 0) is 33.3 Å². The zero-order chi connectivity index (χ0) is 14.4. The van der Waals surface area contributed by atoms with Gasteiger partial charge in [0.2, 0.25) is 0 Å². The summed E-state index contributed by atoms with van der Waals surface area (Å²) in [7, 11) is 0. The lowest BCUT2D eigenvalue weighted by molar-refractivity contribution is -0.178. The van der Waals surface area contributed by atoms with E-state index in [1.54, 1.807) is 0 Å². The van der Waals surface area contributed by atoms with E-state index in [-0.39, 0.29) is 6.61 Å². The summed E-state index contributed by atoms with van der Waals surface area (Å²) >= 11 is 0. The summed E-state index contributed by atoms with van der Waals surface area (Å²) in [6.45, 7) is 3.62. The fourth-order valence-electron chi connectivity index (χ4n) is 1.59. The molecule has 0 aliphatic carbocycles. The zero-order valence-corrected chi connectivity index (χ0v) is 11.0. The first-order chi connectivity index (χ1) is 8.90. The molecule has 0 radical (unpaired) electrons. The number of hydrogen-bond donors (Lipinski definition) is 0. The van der Waals surface area contributed by atoms with Crippen LogP contribution in [0, 0.1) is 0 Å². The molecule has 0 aromatic rings. The van der Waals surface area contributed by atoms with Gasteiger partial charge in [-0.15, -0.1) is 0 Å². The van der Waals surface area contributed by atoms with E-state index < -0.39 is 36.2 Å². The molecule has 0 aromatic heterocycles. The van der Waals surface area contributed by atoms with Crippen LogP contribution in [0.3, 0.4) is 0 Å². The second-order valence-electron chi connectivity index (χ2n) is 3.95. The van der Waals surface area contributed by atoms with E-state index in [9.17, 15) is 14.4 Å². The van der Waals surface area contributed by atoms with Gasteiger partial charge in [-0.05, 0) is 6.08 Å². The average molecular weight is 272 g/mol. The van der Waals surface area contributed by atoms with Gasteiger partial charge in [0.25, 0.3) is 0 Å². The third kappa shape index (κ3) is 4.99. The summed E-state index contributed by atoms with van der Waals surface area (Å²) in [5.41, 5.74) is 0. The van der Waals surface area contributed by atoms with Gasteiger partial charge in [-0.2, -0.15) is 0 Å². The molecule has 1 aliphatic rings. The molecule has 1 unspecified atom stereocenters. The number of esters is 3. The molecule has 0 amide bonds. The maximum Gasteiger partial charge on any atom is 0.303 e. The lowest BCUT2D eigenvalue weighted by Crippen LogP contribution is -2.47. The van der Waals surface area contributed by atoms with Gasteiger partial charge in [0, 0.05) is 20.8 Å². The first kappa shape index (κ1) is 15.0. The van der Waals surface area contributed by atoms with Crippen LogP contribution in [-0.4, -0.2) is 42.8 Å². The number of ether oxygens (including phenoxy) is 4. The second-order valence-corrected chi connectivity index (χ2v) is 3.95. The zero-order valence-electron chi connectivity index (χ0n) is 11.0. The molecule has 3 atom stereocenters. The minimum Gasteiger partial charge on any atom is -0.491 e. The van der Waals surface area contributed by atoms with Crippen LogP contribution >= 0.6 is 0 Å². The molecule has 1 heterocycles. The molecule has 0 saturated heterocycles. The maximum absolute atomic E-state index is 11.1. The Labute approximate surface area is 110 Å². The summed E-state index contributed by atoms with van der Waals surface area (Å²) in [6.07, 6.45) is 0.435. The predicted octanol–water partition coefficient (Wildman–Crippen LogP) is 0.325. The minimum atomic E-state index is -0.856. The van der Waals surface area contributed by atoms with E-state index in [0.717, 1.165) is 0 Å². The monoisotopic (exact) mass is 272 g/mol. The summed E-state index contributed by atoms with van der Waals surface area (Å²) in [5.74, 6) is -1.54. The number of carbonyl (C=O) groups excluding carboxylic acids is 3. The lowest BCUT2D eigenvalue weighted by atomic mass is 10.1. The highest BCUT2D eigenvalue weighted by Crippen LogP contribution is 2.19. The van der Waals surface area contributed by atoms with Crippen LogP contribution < -0.4 is 0 Å². The molecule has 0 N–H and O–H groups in total. The van der Waals surface area contributed by atoms with Gasteiger partial charge in [-0.3, -0.25) is 14.4 Å². The molecule has 7 heteroatoms. The molecule has 7 nitrogen and oxygen atoms in total. The Balaban J connectivity index is 2.77. The van der Waals surface area contributed by atoms with Crippen LogP contribution in [0.2, 0.25) is 0 Å². The van der Waals surface area contributed by atoms with Gasteiger partial charge in [-0.1, -0.05) is 0 Å². The molecule has 0 aromatic carbocycles. The van der Waals surface area contributed by atoms with Crippen LogP contribution in [0.4, 0.5) is 0 Å². The topological polar surface area (TPSA) is 88.1 Å². The van der Waals surface area contributed by atoms with Crippen molar-refractivity contribution in [3.8, 4) is 0 Å². The summed E-state index contributed by atoms with van der Waals surface area (Å²) < 4.78 is 20.1. The van der Waals surface area contributed by atoms with E-state index in [4.69, 9.17) is 18.9 Å². The summed E-state index contributed by atoms with van der Waals surface area (Å²) in [4.78, 5) is 32.9. The van der Waals surface area contributed by atoms with Crippen molar-refractivity contribution in [2.24, 2.45) is 0 Å². The molecule has 0 fully saturated rings. The summed E-state index contributed by atoms with van der Waals surface area (Å²) in [5, 5.41) is 0. The molecule has 0 spiro atoms. The van der Waals surface area contributed by atoms with Gasteiger partial charge in [0.1, 0.15) is 6.61 Å². The summed E-state index contributed by atoms with van der Waals surface area (Å²) in [6, 6.07) is 0. The average Bonchev–Trinajstić information content (AvgIpc) is 2.28. The Morgan fingerprint density at radius 1 is 1.05 bits per heavy atom. The SMILES string of the molecule is CC(=O)OCC1OC=C[C@@H](OC(C)=O)[C@@H]1OC(C)=O. The Morgan fingerprint density at radius 3 is 2.21 bits per heavy atom. The third-order valence-corrected chi connectivity index (χ3v) is 2.27. The highest BCUT2D eigenvalue weighted by Gasteiger charge is 2.37. The Morgan fingerprint density at radius 2 is 1.68 bits per heavy atom. The van der Waals surface area contributed by atoms with Crippen molar-refractivity contribution in [1.82, 2.24) is 0 Å². The highest BCUT2D eigenvalue weighted by molar-refractivity contribution is 5.68. The van der Waals surface area contributed by atoms with Gasteiger partial charge in [0.15, 0.2) is 18.3 Å². The van der Waals surface area contributed by atoms with E-state index >= 15 is 0 Å². The highest BCUT2D eigenvalue weighted by atomic mass is 16.6. The van der Waals surface area contributed by atoms with E-state index in [1.807, 2.05) is 0 Å². The van der Waals surface area contributed by atoms with Crippen molar-refractivity contribution in [1.29, 1.82) is 0 Å². The van der Waals surface area contributed by atoms with Gasteiger partial charge in [0.05, 0.1) is 6.26 Å². The predicted molar refractivity (Wildman–Crippen MR) is 61.8 cm³/mol. The van der Waals surface area contributed by atoms with E-state index in [1.165, 1.54) is 33.1 Å². The van der Waals surface area contributed by atoms with Crippen LogP contribution in [0.15, 0.2) is 12.3 Å². The minimum absolute atomic E-state index is 0.102. The van der Waals surface area contributed by atoms with Gasteiger partial charge in [-0.25, -0.2) is 0 Å². The molecule has 0 saturated carbocycles. The number of carbonyl (C=O) groups is 3. The van der Waals surface area contributed by atoms with Crippen molar-refractivity contribution in [3.63, 3.8) is 0 Å². The number of rotatable bonds is 4. The Hall–Kier alpha value is -2.05. The van der Waals surface area contributed by atoms with Gasteiger partial charge >= 0.3 is 17.9 Å². The quantitative estimate of drug-likeness (QED) is 0.538. The largest absolute Gasteiger partial charge is 0.491 e. The normalized spacial score (nSPS) is 25.1. The van der Waals surface area contributed by atoms with Crippen LogP contribution in [0.1, 0.15) is 20.8 Å². The fourth-order valence-corrected chi connectivity index (χ4v) is 1.59. The first-order valence-corrected chi connectivity index (χ1v) is 5.70. The molecule has 19 heavy (non-hydrogen) atoms. The molecule has 0 bridgehead atoms. The Kier molecular flexibility index (Phi) is 5.35. The smallest absolute Gasteiger partial charge is 0.303 e. The van der Waals surface area contributed by atoms with Crippen molar-refractivity contribution < 1.29 is 33.3 Å². The van der Waals surface area contributed by atoms with Crippen molar-refractivity contribution in [2.45, 2.75) is 39.1 Å². The number of hydrogen-bond acceptors (Lipinski definition) is 7. The maximum atomic E-state index is 11.1. The second kappa shape index (κ2) is 6.77. The van der Waals surface area contributed by atoms with Crippen LogP contribution in [0.25, 0.3) is 0 Å². The standard InChI is InChI=1S/C12H16O7/c1-7(13)17-6-11-12(19-9(3)15)10(4-5-16-11)18-8(2)14/h4-5,10-12H,6H2,1-3H3/t10-,11?,12+/m1/s1. The Bertz CT molecular complexity index is 388. The molecular weight excluding hydrogens is 256 g/mol. The molecule has 1 rings (SSSR count). The lowest BCUT2D eigenvalue weighted by Gasteiger charge is -2.32. The fraction of sp³-hybridized carbons (Fsp3) is 0.583. The third-order valence-electron chi connectivity index (χ3n) is 2.27. The van der Waals surface area contributed by atoms with E-state index in [2.05, 4.69) is 0 Å². The molecule has 106 valence electrons. The first-order valence-electron chi connectivity index (χ1n) is 5.70. The van der Waals surface area contributed by atoms with Crippen molar-refractivity contribution in [2.75, 3.05) is 6.61 Å². The van der Waals surface area contributed by atoms with E-state index in [0.29, 0.717) is 0 Å².